The van der Waals surface area contributed by atoms with Crippen LogP contribution < -0.4 is 15.5 Å². The van der Waals surface area contributed by atoms with Crippen molar-refractivity contribution in [3.05, 3.63) is 84.1 Å². The Bertz CT molecular complexity index is 1580. The molecule has 0 atom stereocenters. The smallest absolute Gasteiger partial charge is 0.381 e. The molecule has 13 heteroatoms. The van der Waals surface area contributed by atoms with Crippen LogP contribution in [-0.2, 0) is 30.9 Å². The summed E-state index contributed by atoms with van der Waals surface area (Å²) in [6.07, 6.45) is 4.63. The minimum absolute atomic E-state index is 0.0101. The molecule has 2 fully saturated rings. The van der Waals surface area contributed by atoms with Gasteiger partial charge in [0, 0.05) is 61.3 Å². The summed E-state index contributed by atoms with van der Waals surface area (Å²) >= 11 is 0. The Kier molecular flexibility index (Phi) is 8.97. The van der Waals surface area contributed by atoms with Crippen molar-refractivity contribution in [2.24, 2.45) is 13.0 Å². The molecule has 0 spiro atoms. The number of hydrogen-bond acceptors (Lipinski definition) is 7. The second kappa shape index (κ2) is 13.2. The van der Waals surface area contributed by atoms with Gasteiger partial charge in [-0.25, -0.2) is 19.7 Å². The predicted molar refractivity (Wildman–Crippen MR) is 162 cm³/mol. The number of nitrogens with one attached hydrogen (secondary N) is 2. The van der Waals surface area contributed by atoms with Gasteiger partial charge >= 0.3 is 12.2 Å². The van der Waals surface area contributed by atoms with Gasteiger partial charge < -0.3 is 15.4 Å². The molecule has 236 valence electrons. The molecule has 2 N–H and O–H groups in total. The van der Waals surface area contributed by atoms with Crippen LogP contribution in [0.5, 0.6) is 0 Å². The summed E-state index contributed by atoms with van der Waals surface area (Å²) in [5.41, 5.74) is 1.99. The number of ether oxygens (including phenoxy) is 1. The largest absolute Gasteiger partial charge is 0.419 e. The number of hydrogen-bond donors (Lipinski definition) is 2. The number of aromatic nitrogens is 5. The fourth-order valence-corrected chi connectivity index (χ4v) is 5.80. The van der Waals surface area contributed by atoms with E-state index in [1.807, 2.05) is 55.7 Å². The maximum Gasteiger partial charge on any atom is 0.419 e. The van der Waals surface area contributed by atoms with E-state index in [-0.39, 0.29) is 42.1 Å². The third-order valence-corrected chi connectivity index (χ3v) is 8.30. The average Bonchev–Trinajstić information content (AvgIpc) is 3.45. The summed E-state index contributed by atoms with van der Waals surface area (Å²) in [7, 11) is 1.85. The molecule has 2 amide bonds. The first-order chi connectivity index (χ1) is 21.7. The molecule has 2 aliphatic rings. The lowest BCUT2D eigenvalue weighted by molar-refractivity contribution is -0.139. The standard InChI is InChI=1S/C32H35F3N8O2/c1-42-18-24(16-39-42)23-7-12-29(36-15-23)43(31(44)38-14-21-5-3-2-4-6-21)26-10-8-25(9-11-26)40-30-37-17-27(32(33,34)35)28(41-30)13-22-19-45-20-22/h2-7,12,15-18,22,25-26H,8-11,13-14,19-20H2,1H3,(H,38,44)(H,37,40,41). The van der Waals surface area contributed by atoms with E-state index in [0.29, 0.717) is 51.3 Å². The number of pyridine rings is 1. The fraction of sp³-hybridized carbons (Fsp3) is 0.406. The summed E-state index contributed by atoms with van der Waals surface area (Å²) in [4.78, 5) is 28.3. The molecule has 1 aliphatic heterocycles. The van der Waals surface area contributed by atoms with Crippen molar-refractivity contribution in [2.75, 3.05) is 23.4 Å². The lowest BCUT2D eigenvalue weighted by atomic mass is 9.90. The van der Waals surface area contributed by atoms with Crippen molar-refractivity contribution in [3.63, 3.8) is 0 Å². The molecular weight excluding hydrogens is 585 g/mol. The number of halogens is 3. The predicted octanol–water partition coefficient (Wildman–Crippen LogP) is 5.62. The van der Waals surface area contributed by atoms with Gasteiger partial charge in [0.25, 0.3) is 0 Å². The van der Waals surface area contributed by atoms with E-state index in [4.69, 9.17) is 4.74 Å². The van der Waals surface area contributed by atoms with E-state index in [1.165, 1.54) is 0 Å². The van der Waals surface area contributed by atoms with E-state index < -0.39 is 11.7 Å². The van der Waals surface area contributed by atoms with E-state index >= 15 is 0 Å². The summed E-state index contributed by atoms with van der Waals surface area (Å²) < 4.78 is 47.7. The number of nitrogens with zero attached hydrogens (tertiary/aromatic N) is 6. The fourth-order valence-electron chi connectivity index (χ4n) is 5.80. The molecule has 10 nitrogen and oxygen atoms in total. The molecule has 1 saturated heterocycles. The number of rotatable bonds is 9. The van der Waals surface area contributed by atoms with Gasteiger partial charge in [-0.2, -0.15) is 18.3 Å². The van der Waals surface area contributed by atoms with Crippen molar-refractivity contribution in [2.45, 2.75) is 56.9 Å². The Balaban J connectivity index is 1.15. The highest BCUT2D eigenvalue weighted by Gasteiger charge is 2.37. The first-order valence-corrected chi connectivity index (χ1v) is 15.1. The normalized spacial score (nSPS) is 18.7. The average molecular weight is 621 g/mol. The van der Waals surface area contributed by atoms with Gasteiger partial charge in [0.05, 0.1) is 30.7 Å². The summed E-state index contributed by atoms with van der Waals surface area (Å²) in [6, 6.07) is 13.1. The lowest BCUT2D eigenvalue weighted by Crippen LogP contribution is -2.49. The van der Waals surface area contributed by atoms with Gasteiger partial charge in [0.1, 0.15) is 5.82 Å². The van der Waals surface area contributed by atoms with Crippen molar-refractivity contribution >= 4 is 17.8 Å². The Hall–Kier alpha value is -4.52. The second-order valence-corrected chi connectivity index (χ2v) is 11.6. The number of urea groups is 1. The molecule has 6 rings (SSSR count). The van der Waals surface area contributed by atoms with Crippen LogP contribution in [0, 0.1) is 5.92 Å². The summed E-state index contributed by atoms with van der Waals surface area (Å²) in [5.74, 6) is 0.752. The zero-order valence-corrected chi connectivity index (χ0v) is 24.9. The van der Waals surface area contributed by atoms with Gasteiger partial charge in [-0.1, -0.05) is 30.3 Å². The first-order valence-electron chi connectivity index (χ1n) is 15.1. The number of carbonyl (C=O) groups excluding carboxylic acids is 1. The van der Waals surface area contributed by atoms with Gasteiger partial charge in [0.2, 0.25) is 5.95 Å². The number of aryl methyl sites for hydroxylation is 1. The van der Waals surface area contributed by atoms with E-state index in [9.17, 15) is 18.0 Å². The van der Waals surface area contributed by atoms with Gasteiger partial charge in [-0.15, -0.1) is 0 Å². The number of alkyl halides is 3. The van der Waals surface area contributed by atoms with Crippen molar-refractivity contribution < 1.29 is 22.7 Å². The highest BCUT2D eigenvalue weighted by Crippen LogP contribution is 2.34. The minimum atomic E-state index is -4.52. The molecule has 0 bridgehead atoms. The molecule has 1 saturated carbocycles. The van der Waals surface area contributed by atoms with Crippen LogP contribution in [0.4, 0.5) is 29.7 Å². The molecule has 0 unspecified atom stereocenters. The maximum absolute atomic E-state index is 13.6. The molecular formula is C32H35F3N8O2. The zero-order valence-electron chi connectivity index (χ0n) is 24.9. The third-order valence-electron chi connectivity index (χ3n) is 8.30. The molecule has 1 aliphatic carbocycles. The van der Waals surface area contributed by atoms with E-state index in [1.54, 1.807) is 22.0 Å². The maximum atomic E-state index is 13.6. The van der Waals surface area contributed by atoms with Crippen LogP contribution in [0.15, 0.2) is 67.3 Å². The van der Waals surface area contributed by atoms with Crippen molar-refractivity contribution in [1.29, 1.82) is 0 Å². The van der Waals surface area contributed by atoms with Crippen LogP contribution >= 0.6 is 0 Å². The van der Waals surface area contributed by atoms with Crippen LogP contribution in [0.3, 0.4) is 0 Å². The SMILES string of the molecule is Cn1cc(-c2ccc(N(C(=O)NCc3ccccc3)C3CCC(Nc4ncc(C(F)(F)F)c(CC5COC5)n4)CC3)nc2)cn1. The van der Waals surface area contributed by atoms with Crippen LogP contribution in [0.2, 0.25) is 0 Å². The second-order valence-electron chi connectivity index (χ2n) is 11.6. The quantitative estimate of drug-likeness (QED) is 0.250. The number of anilines is 2. The summed E-state index contributed by atoms with van der Waals surface area (Å²) in [5, 5.41) is 10.5. The van der Waals surface area contributed by atoms with Gasteiger partial charge in [-0.05, 0) is 49.8 Å². The molecule has 4 aromatic rings. The topological polar surface area (TPSA) is 110 Å². The van der Waals surface area contributed by atoms with E-state index in [2.05, 4.69) is 30.7 Å². The molecule has 0 radical (unpaired) electrons. The molecule has 1 aromatic carbocycles. The third kappa shape index (κ3) is 7.42. The Morgan fingerprint density at radius 3 is 2.40 bits per heavy atom. The van der Waals surface area contributed by atoms with Crippen molar-refractivity contribution in [3.8, 4) is 11.1 Å². The molecule has 3 aromatic heterocycles. The molecule has 4 heterocycles. The highest BCUT2D eigenvalue weighted by atomic mass is 19.4. The zero-order chi connectivity index (χ0) is 31.4. The van der Waals surface area contributed by atoms with Crippen LogP contribution in [0.1, 0.15) is 42.5 Å². The van der Waals surface area contributed by atoms with Crippen LogP contribution in [0.25, 0.3) is 11.1 Å². The van der Waals surface area contributed by atoms with E-state index in [0.717, 1.165) is 22.9 Å². The number of carbonyl (C=O) groups is 1. The van der Waals surface area contributed by atoms with Gasteiger partial charge in [0.15, 0.2) is 0 Å². The first kappa shape index (κ1) is 30.5. The minimum Gasteiger partial charge on any atom is -0.381 e. The molecule has 45 heavy (non-hydrogen) atoms. The summed E-state index contributed by atoms with van der Waals surface area (Å²) in [6.45, 7) is 1.25. The Morgan fingerprint density at radius 2 is 1.78 bits per heavy atom. The van der Waals surface area contributed by atoms with Crippen molar-refractivity contribution in [1.82, 2.24) is 30.0 Å². The Morgan fingerprint density at radius 1 is 1.00 bits per heavy atom. The lowest BCUT2D eigenvalue weighted by Gasteiger charge is -2.36. The highest BCUT2D eigenvalue weighted by molar-refractivity contribution is 5.91. The van der Waals surface area contributed by atoms with Gasteiger partial charge in [-0.3, -0.25) is 9.58 Å². The monoisotopic (exact) mass is 620 g/mol. The Labute approximate surface area is 259 Å². The number of amides is 2. The number of benzene rings is 1. The van der Waals surface area contributed by atoms with Crippen LogP contribution in [-0.4, -0.2) is 56.1 Å².